The van der Waals surface area contributed by atoms with Crippen LogP contribution in [0.5, 0.6) is 5.75 Å². The Balaban J connectivity index is 1.26. The first kappa shape index (κ1) is 23.7. The molecule has 37 heavy (non-hydrogen) atoms. The number of benzene rings is 4. The number of rotatable bonds is 7. The molecule has 1 aliphatic heterocycles. The number of carbonyl (C=O) groups is 4. The molecule has 0 bridgehead atoms. The third kappa shape index (κ3) is 4.64. The Morgan fingerprint density at radius 2 is 1.57 bits per heavy atom. The zero-order chi connectivity index (χ0) is 25.9. The molecular weight excluding hydrogens is 472 g/mol. The monoisotopic (exact) mass is 494 g/mol. The zero-order valence-electron chi connectivity index (χ0n) is 19.9. The summed E-state index contributed by atoms with van der Waals surface area (Å²) >= 11 is 0. The molecule has 5 rings (SSSR count). The summed E-state index contributed by atoms with van der Waals surface area (Å²) in [5.74, 6) is -1.70. The Labute approximate surface area is 212 Å². The van der Waals surface area contributed by atoms with Crippen molar-refractivity contribution in [3.8, 4) is 5.75 Å². The molecule has 4 aromatic carbocycles. The summed E-state index contributed by atoms with van der Waals surface area (Å²) < 4.78 is 10.6. The van der Waals surface area contributed by atoms with E-state index in [4.69, 9.17) is 9.47 Å². The van der Waals surface area contributed by atoms with Crippen LogP contribution in [0.15, 0.2) is 84.9 Å². The van der Waals surface area contributed by atoms with Gasteiger partial charge in [-0.3, -0.25) is 14.4 Å². The molecule has 1 heterocycles. The van der Waals surface area contributed by atoms with E-state index in [1.54, 1.807) is 30.3 Å². The summed E-state index contributed by atoms with van der Waals surface area (Å²) in [6.07, 6.45) is 0. The average Bonchev–Trinajstić information content (AvgIpc) is 3.17. The molecule has 0 atom stereocenters. The van der Waals surface area contributed by atoms with Gasteiger partial charge in [0.1, 0.15) is 5.75 Å². The van der Waals surface area contributed by atoms with Crippen LogP contribution in [-0.4, -0.2) is 36.9 Å². The Morgan fingerprint density at radius 1 is 0.838 bits per heavy atom. The molecule has 1 aliphatic rings. The van der Waals surface area contributed by atoms with Crippen molar-refractivity contribution in [3.63, 3.8) is 0 Å². The lowest BCUT2D eigenvalue weighted by Crippen LogP contribution is -2.29. The summed E-state index contributed by atoms with van der Waals surface area (Å²) in [6, 6.07) is 23.8. The van der Waals surface area contributed by atoms with Gasteiger partial charge in [-0.15, -0.1) is 0 Å². The topological polar surface area (TPSA) is 102 Å². The van der Waals surface area contributed by atoms with E-state index in [0.717, 1.165) is 15.7 Å². The number of fused-ring (bicyclic) bond motifs is 2. The van der Waals surface area contributed by atoms with Crippen molar-refractivity contribution in [2.24, 2.45) is 0 Å². The maximum atomic E-state index is 13.0. The Bertz CT molecular complexity index is 1540. The van der Waals surface area contributed by atoms with Gasteiger partial charge in [-0.05, 0) is 60.8 Å². The average molecular weight is 495 g/mol. The van der Waals surface area contributed by atoms with Crippen LogP contribution >= 0.6 is 0 Å². The first-order valence-electron chi connectivity index (χ1n) is 11.7. The first-order valence-corrected chi connectivity index (χ1v) is 11.7. The van der Waals surface area contributed by atoms with Gasteiger partial charge in [-0.1, -0.05) is 36.4 Å². The minimum atomic E-state index is -0.782. The summed E-state index contributed by atoms with van der Waals surface area (Å²) in [7, 11) is 0. The van der Waals surface area contributed by atoms with Crippen LogP contribution in [0.4, 0.5) is 11.4 Å². The number of esters is 1. The summed E-state index contributed by atoms with van der Waals surface area (Å²) in [5, 5.41) is 4.58. The smallest absolute Gasteiger partial charge is 0.338 e. The molecule has 8 nitrogen and oxygen atoms in total. The fourth-order valence-corrected chi connectivity index (χ4v) is 4.20. The predicted octanol–water partition coefficient (Wildman–Crippen LogP) is 4.83. The molecule has 0 fully saturated rings. The standard InChI is InChI=1S/C29H22N2O6/c1-2-36-21-13-11-20(12-14-21)31-27(33)23-15-10-19(16-24(23)28(31)34)29(35)37-17-26(32)30-25-9-5-7-18-6-3-4-8-22(18)25/h3-16H,2,17H2,1H3,(H,30,32). The molecule has 184 valence electrons. The zero-order valence-corrected chi connectivity index (χ0v) is 19.9. The highest BCUT2D eigenvalue weighted by Crippen LogP contribution is 2.30. The van der Waals surface area contributed by atoms with Crippen LogP contribution in [0.3, 0.4) is 0 Å². The van der Waals surface area contributed by atoms with Gasteiger partial charge in [0, 0.05) is 11.1 Å². The van der Waals surface area contributed by atoms with Crippen molar-refractivity contribution in [2.45, 2.75) is 6.92 Å². The van der Waals surface area contributed by atoms with Crippen LogP contribution in [0, 0.1) is 0 Å². The molecular formula is C29H22N2O6. The summed E-state index contributed by atoms with van der Waals surface area (Å²) in [4.78, 5) is 52.0. The van der Waals surface area contributed by atoms with Gasteiger partial charge in [0.2, 0.25) is 0 Å². The van der Waals surface area contributed by atoms with Gasteiger partial charge in [-0.25, -0.2) is 9.69 Å². The van der Waals surface area contributed by atoms with E-state index >= 15 is 0 Å². The number of hydrogen-bond acceptors (Lipinski definition) is 6. The SMILES string of the molecule is CCOc1ccc(N2C(=O)c3ccc(C(=O)OCC(=O)Nc4cccc5ccccc45)cc3C2=O)cc1. The third-order valence-corrected chi connectivity index (χ3v) is 5.93. The van der Waals surface area contributed by atoms with Crippen LogP contribution in [0.2, 0.25) is 0 Å². The van der Waals surface area contributed by atoms with Gasteiger partial charge in [-0.2, -0.15) is 0 Å². The highest BCUT2D eigenvalue weighted by atomic mass is 16.5. The van der Waals surface area contributed by atoms with E-state index in [0.29, 0.717) is 23.7 Å². The van der Waals surface area contributed by atoms with E-state index in [2.05, 4.69) is 5.32 Å². The van der Waals surface area contributed by atoms with Crippen LogP contribution in [0.25, 0.3) is 10.8 Å². The van der Waals surface area contributed by atoms with Crippen molar-refractivity contribution < 1.29 is 28.7 Å². The number of nitrogens with one attached hydrogen (secondary N) is 1. The Morgan fingerprint density at radius 3 is 2.35 bits per heavy atom. The number of imide groups is 1. The molecule has 0 unspecified atom stereocenters. The highest BCUT2D eigenvalue weighted by Gasteiger charge is 2.37. The van der Waals surface area contributed by atoms with Crippen molar-refractivity contribution in [3.05, 3.63) is 102 Å². The van der Waals surface area contributed by atoms with Gasteiger partial charge in [0.25, 0.3) is 17.7 Å². The predicted molar refractivity (Wildman–Crippen MR) is 138 cm³/mol. The second-order valence-corrected chi connectivity index (χ2v) is 8.28. The second-order valence-electron chi connectivity index (χ2n) is 8.28. The van der Waals surface area contributed by atoms with Gasteiger partial charge in [0.15, 0.2) is 6.61 Å². The molecule has 0 radical (unpaired) electrons. The number of anilines is 2. The van der Waals surface area contributed by atoms with Crippen LogP contribution < -0.4 is 15.0 Å². The van der Waals surface area contributed by atoms with Gasteiger partial charge >= 0.3 is 5.97 Å². The fourth-order valence-electron chi connectivity index (χ4n) is 4.20. The lowest BCUT2D eigenvalue weighted by atomic mass is 10.1. The number of hydrogen-bond donors (Lipinski definition) is 1. The molecule has 0 saturated carbocycles. The third-order valence-electron chi connectivity index (χ3n) is 5.93. The van der Waals surface area contributed by atoms with Crippen LogP contribution in [-0.2, 0) is 9.53 Å². The molecule has 4 aromatic rings. The van der Waals surface area contributed by atoms with Gasteiger partial charge in [0.05, 0.1) is 29.0 Å². The van der Waals surface area contributed by atoms with E-state index in [-0.39, 0.29) is 16.7 Å². The van der Waals surface area contributed by atoms with Crippen molar-refractivity contribution in [1.29, 1.82) is 0 Å². The maximum absolute atomic E-state index is 13.0. The van der Waals surface area contributed by atoms with E-state index in [9.17, 15) is 19.2 Å². The van der Waals surface area contributed by atoms with E-state index < -0.39 is 30.3 Å². The molecule has 1 N–H and O–H groups in total. The normalized spacial score (nSPS) is 12.4. The molecule has 3 amide bonds. The first-order chi connectivity index (χ1) is 18.0. The molecule has 0 spiro atoms. The number of ether oxygens (including phenoxy) is 2. The van der Waals surface area contributed by atoms with E-state index in [1.165, 1.54) is 18.2 Å². The lowest BCUT2D eigenvalue weighted by Gasteiger charge is -2.14. The van der Waals surface area contributed by atoms with Crippen LogP contribution in [0.1, 0.15) is 38.0 Å². The summed E-state index contributed by atoms with van der Waals surface area (Å²) in [5.41, 5.74) is 1.34. The molecule has 0 saturated heterocycles. The quantitative estimate of drug-likeness (QED) is 0.292. The molecule has 8 heteroatoms. The minimum Gasteiger partial charge on any atom is -0.494 e. The van der Waals surface area contributed by atoms with Gasteiger partial charge < -0.3 is 14.8 Å². The Kier molecular flexibility index (Phi) is 6.38. The lowest BCUT2D eigenvalue weighted by molar-refractivity contribution is -0.119. The fraction of sp³-hybridized carbons (Fsp3) is 0.103. The number of carbonyl (C=O) groups excluding carboxylic acids is 4. The van der Waals surface area contributed by atoms with Crippen molar-refractivity contribution in [1.82, 2.24) is 0 Å². The van der Waals surface area contributed by atoms with E-state index in [1.807, 2.05) is 43.3 Å². The Hall–Kier alpha value is -4.98. The maximum Gasteiger partial charge on any atom is 0.338 e. The number of amides is 3. The minimum absolute atomic E-state index is 0.0615. The second kappa shape index (κ2) is 9.94. The highest BCUT2D eigenvalue weighted by molar-refractivity contribution is 6.34. The summed E-state index contributed by atoms with van der Waals surface area (Å²) in [6.45, 7) is 1.85. The van der Waals surface area contributed by atoms with Crippen molar-refractivity contribution >= 4 is 45.8 Å². The largest absolute Gasteiger partial charge is 0.494 e. The number of nitrogens with zero attached hydrogens (tertiary/aromatic N) is 1. The molecule has 0 aromatic heterocycles. The van der Waals surface area contributed by atoms with Crippen molar-refractivity contribution in [2.75, 3.05) is 23.4 Å². The molecule has 0 aliphatic carbocycles.